The molecule has 6 N–H and O–H groups in total. The maximum Gasteiger partial charge on any atom is 0.255 e. The van der Waals surface area contributed by atoms with Crippen LogP contribution < -0.4 is 10.6 Å². The Morgan fingerprint density at radius 1 is 1.15 bits per heavy atom. The number of hydrogen-bond donors (Lipinski definition) is 5. The van der Waals surface area contributed by atoms with Gasteiger partial charge in [-0.3, -0.25) is 24.2 Å². The molecule has 3 aliphatic rings. The molecule has 0 fully saturated rings. The van der Waals surface area contributed by atoms with E-state index in [0.717, 1.165) is 0 Å². The number of halogens is 1. The van der Waals surface area contributed by atoms with Crippen molar-refractivity contribution >= 4 is 23.2 Å². The molecule has 0 aromatic heterocycles. The number of aliphatic hydroxyl groups excluding tert-OH is 2. The van der Waals surface area contributed by atoms with E-state index in [2.05, 4.69) is 0 Å². The van der Waals surface area contributed by atoms with E-state index >= 15 is 0 Å². The zero-order valence-electron chi connectivity index (χ0n) is 22.7. The van der Waals surface area contributed by atoms with E-state index in [1.165, 1.54) is 11.0 Å². The number of anilines is 1. The summed E-state index contributed by atoms with van der Waals surface area (Å²) in [6.45, 7) is -0.0652. The first-order valence-electron chi connectivity index (χ1n) is 12.6. The van der Waals surface area contributed by atoms with Crippen LogP contribution in [0.4, 0.5) is 10.1 Å². The maximum atomic E-state index is 13.9. The van der Waals surface area contributed by atoms with E-state index in [1.807, 2.05) is 0 Å². The molecule has 12 heteroatoms. The van der Waals surface area contributed by atoms with Crippen LogP contribution in [0.3, 0.4) is 0 Å². The lowest BCUT2D eigenvalue weighted by atomic mass is 9.58. The van der Waals surface area contributed by atoms with Gasteiger partial charge >= 0.3 is 0 Å². The van der Waals surface area contributed by atoms with E-state index in [0.29, 0.717) is 23.4 Å². The second-order valence-electron chi connectivity index (χ2n) is 11.0. The lowest BCUT2D eigenvalue weighted by molar-refractivity contribution is -0.148. The maximum absolute atomic E-state index is 13.9. The zero-order chi connectivity index (χ0) is 29.1. The highest BCUT2D eigenvalue weighted by atomic mass is 19.1. The number of rotatable bonds is 7. The number of fused-ring (bicyclic) bond motifs is 3. The summed E-state index contributed by atoms with van der Waals surface area (Å²) in [5.41, 5.74) is 3.44. The number of alkyl halides is 1. The number of carbonyl (C=O) groups is 3. The summed E-state index contributed by atoms with van der Waals surface area (Å²) in [4.78, 5) is 44.4. The van der Waals surface area contributed by atoms with Crippen LogP contribution in [0.25, 0.3) is 0 Å². The Hall–Kier alpha value is -3.48. The molecule has 0 saturated carbocycles. The quantitative estimate of drug-likeness (QED) is 0.305. The molecule has 0 aliphatic heterocycles. The van der Waals surface area contributed by atoms with Crippen LogP contribution in [0, 0.1) is 11.8 Å². The molecule has 212 valence electrons. The van der Waals surface area contributed by atoms with Crippen LogP contribution >= 0.6 is 0 Å². The fourth-order valence-corrected chi connectivity index (χ4v) is 6.57. The van der Waals surface area contributed by atoms with Gasteiger partial charge in [0.05, 0.1) is 11.6 Å². The number of nitrogens with two attached hydrogens (primary N) is 1. The van der Waals surface area contributed by atoms with Gasteiger partial charge < -0.3 is 31.1 Å². The molecular weight excluding hydrogens is 511 g/mol. The standard InChI is InChI=1S/C27H35FN4O7/c1-30(2)20-13(11-32(5)7-6-28)10-16(33)18-14(20)8-12-9-15-21(31(3)4)23(35)19(26(29)38)25(37)27(15,39)24(36)17(12)22(18)34/h10,12,15,21,33,35-36,39H,6-9,11H2,1-5H3,(H2,29,38)/t12-,15-,21-,27-/m0/s1. The first-order chi connectivity index (χ1) is 18.2. The summed E-state index contributed by atoms with van der Waals surface area (Å²) in [6, 6.07) is 0.372. The Labute approximate surface area is 225 Å². The number of benzene rings is 1. The molecule has 4 atom stereocenters. The fourth-order valence-electron chi connectivity index (χ4n) is 6.57. The summed E-state index contributed by atoms with van der Waals surface area (Å²) in [5, 5.41) is 44.9. The number of phenols is 1. The van der Waals surface area contributed by atoms with Crippen LogP contribution in [-0.4, -0.2) is 108 Å². The Bertz CT molecular complexity index is 1320. The van der Waals surface area contributed by atoms with E-state index in [9.17, 15) is 39.2 Å². The second-order valence-corrected chi connectivity index (χ2v) is 11.0. The van der Waals surface area contributed by atoms with Gasteiger partial charge in [-0.15, -0.1) is 0 Å². The summed E-state index contributed by atoms with van der Waals surface area (Å²) < 4.78 is 12.9. The Kier molecular flexibility index (Phi) is 7.26. The molecule has 1 aromatic carbocycles. The highest BCUT2D eigenvalue weighted by Gasteiger charge is 2.63. The summed E-state index contributed by atoms with van der Waals surface area (Å²) in [6.07, 6.45) is 0.182. The molecule has 4 rings (SSSR count). The Morgan fingerprint density at radius 3 is 2.33 bits per heavy atom. The minimum Gasteiger partial charge on any atom is -0.510 e. The van der Waals surface area contributed by atoms with Crippen molar-refractivity contribution in [3.63, 3.8) is 0 Å². The van der Waals surface area contributed by atoms with Crippen LogP contribution in [0.5, 0.6) is 5.75 Å². The molecule has 0 bridgehead atoms. The number of aromatic hydroxyl groups is 1. The molecular formula is C27H35FN4O7. The molecule has 3 aliphatic carbocycles. The molecule has 39 heavy (non-hydrogen) atoms. The lowest BCUT2D eigenvalue weighted by Crippen LogP contribution is -2.63. The van der Waals surface area contributed by atoms with Crippen molar-refractivity contribution in [1.82, 2.24) is 9.80 Å². The number of ketones is 2. The van der Waals surface area contributed by atoms with Crippen molar-refractivity contribution in [3.8, 4) is 5.75 Å². The van der Waals surface area contributed by atoms with Gasteiger partial charge in [-0.25, -0.2) is 4.39 Å². The molecule has 0 heterocycles. The van der Waals surface area contributed by atoms with Crippen molar-refractivity contribution in [2.24, 2.45) is 17.6 Å². The summed E-state index contributed by atoms with van der Waals surface area (Å²) in [5.74, 6) is -6.92. The lowest BCUT2D eigenvalue weighted by Gasteiger charge is -2.50. The van der Waals surface area contributed by atoms with Crippen molar-refractivity contribution in [2.75, 3.05) is 53.4 Å². The number of aliphatic hydroxyl groups is 3. The topological polar surface area (TPSA) is 168 Å². The number of likely N-dealkylation sites (N-methyl/N-ethyl adjacent to an activating group) is 1. The number of hydrogen-bond acceptors (Lipinski definition) is 10. The van der Waals surface area contributed by atoms with Crippen LogP contribution in [0.1, 0.15) is 27.9 Å². The Balaban J connectivity index is 1.93. The van der Waals surface area contributed by atoms with E-state index in [4.69, 9.17) is 5.73 Å². The second kappa shape index (κ2) is 9.92. The molecule has 11 nitrogen and oxygen atoms in total. The molecule has 1 amide bonds. The third-order valence-electron chi connectivity index (χ3n) is 8.13. The normalized spacial score (nSPS) is 26.6. The van der Waals surface area contributed by atoms with E-state index < -0.39 is 64.7 Å². The fraction of sp³-hybridized carbons (Fsp3) is 0.519. The molecule has 0 spiro atoms. The van der Waals surface area contributed by atoms with Gasteiger partial charge in [0, 0.05) is 44.4 Å². The van der Waals surface area contributed by atoms with Crippen molar-refractivity contribution < 1.29 is 39.2 Å². The number of primary amides is 1. The highest BCUT2D eigenvalue weighted by Crippen LogP contribution is 2.53. The average molecular weight is 547 g/mol. The Morgan fingerprint density at radius 2 is 1.79 bits per heavy atom. The van der Waals surface area contributed by atoms with Gasteiger partial charge in [0.1, 0.15) is 29.5 Å². The summed E-state index contributed by atoms with van der Waals surface area (Å²) in [7, 11) is 8.47. The SMILES string of the molecule is CN(CCF)Cc1cc(O)c2c(c1N(C)C)C[C@H]1C[C@H]3[C@H](N(C)C)C(O)=C(C(N)=O)C(=O)[C@@]3(O)C(O)=C1C2=O. The first-order valence-corrected chi connectivity index (χ1v) is 12.6. The predicted molar refractivity (Wildman–Crippen MR) is 140 cm³/mol. The van der Waals surface area contributed by atoms with Crippen molar-refractivity contribution in [1.29, 1.82) is 0 Å². The number of nitrogens with zero attached hydrogens (tertiary/aromatic N) is 3. The number of carbonyl (C=O) groups excluding carboxylic acids is 3. The average Bonchev–Trinajstić information content (AvgIpc) is 2.80. The minimum absolute atomic E-state index is 0.00533. The zero-order valence-corrected chi connectivity index (χ0v) is 22.7. The van der Waals surface area contributed by atoms with Gasteiger partial charge in [-0.2, -0.15) is 0 Å². The monoisotopic (exact) mass is 546 g/mol. The van der Waals surface area contributed by atoms with Crippen LogP contribution in [0.2, 0.25) is 0 Å². The molecule has 0 unspecified atom stereocenters. The largest absolute Gasteiger partial charge is 0.510 e. The van der Waals surface area contributed by atoms with Gasteiger partial charge in [0.2, 0.25) is 5.78 Å². The third-order valence-corrected chi connectivity index (χ3v) is 8.13. The van der Waals surface area contributed by atoms with Crippen LogP contribution in [0.15, 0.2) is 28.7 Å². The van der Waals surface area contributed by atoms with Gasteiger partial charge in [-0.05, 0) is 57.1 Å². The predicted octanol–water partition coefficient (Wildman–Crippen LogP) is 0.588. The van der Waals surface area contributed by atoms with Crippen molar-refractivity contribution in [2.45, 2.75) is 31.0 Å². The summed E-state index contributed by atoms with van der Waals surface area (Å²) >= 11 is 0. The molecule has 0 radical (unpaired) electrons. The van der Waals surface area contributed by atoms with Crippen molar-refractivity contribution in [3.05, 3.63) is 45.4 Å². The van der Waals surface area contributed by atoms with Crippen LogP contribution in [-0.2, 0) is 22.6 Å². The van der Waals surface area contributed by atoms with Gasteiger partial charge in [0.15, 0.2) is 11.4 Å². The number of Topliss-reactive ketones (excluding diaryl/α,β-unsaturated/α-hetero) is 2. The minimum atomic E-state index is -2.68. The van der Waals surface area contributed by atoms with E-state index in [1.54, 1.807) is 45.0 Å². The van der Waals surface area contributed by atoms with E-state index in [-0.39, 0.29) is 36.3 Å². The molecule has 1 aromatic rings. The smallest absolute Gasteiger partial charge is 0.255 e. The van der Waals surface area contributed by atoms with Gasteiger partial charge in [-0.1, -0.05) is 0 Å². The molecule has 0 saturated heterocycles. The number of phenolic OH excluding ortho intramolecular Hbond substituents is 1. The highest BCUT2D eigenvalue weighted by molar-refractivity contribution is 6.24. The van der Waals surface area contributed by atoms with Gasteiger partial charge in [0.25, 0.3) is 5.91 Å². The number of allylic oxidation sites excluding steroid dienone is 1. The number of amides is 1. The first kappa shape index (κ1) is 28.5. The third kappa shape index (κ3) is 4.17.